The highest BCUT2D eigenvalue weighted by Crippen LogP contribution is 2.35. The van der Waals surface area contributed by atoms with E-state index >= 15 is 0 Å². The Labute approximate surface area is 126 Å². The van der Waals surface area contributed by atoms with Crippen molar-refractivity contribution in [3.8, 4) is 11.8 Å². The van der Waals surface area contributed by atoms with Crippen LogP contribution in [0.5, 0.6) is 5.75 Å². The second kappa shape index (κ2) is 5.99. The zero-order valence-corrected chi connectivity index (χ0v) is 13.0. The molecule has 96 valence electrons. The van der Waals surface area contributed by atoms with Crippen molar-refractivity contribution < 1.29 is 4.74 Å². The maximum atomic E-state index is 8.66. The Bertz CT molecular complexity index is 637. The molecule has 0 radical (unpaired) electrons. The van der Waals surface area contributed by atoms with Gasteiger partial charge in [-0.1, -0.05) is 0 Å². The summed E-state index contributed by atoms with van der Waals surface area (Å²) in [5.74, 6) is 1.25. The van der Waals surface area contributed by atoms with E-state index in [0.717, 1.165) is 14.6 Å². The zero-order valence-electron chi connectivity index (χ0n) is 9.82. The topological polar surface area (TPSA) is 70.8 Å². The first kappa shape index (κ1) is 13.8. The van der Waals surface area contributed by atoms with Gasteiger partial charge in [-0.15, -0.1) is 0 Å². The zero-order chi connectivity index (χ0) is 13.8. The summed E-state index contributed by atoms with van der Waals surface area (Å²) < 4.78 is 6.93. The molecule has 0 spiro atoms. The third kappa shape index (κ3) is 3.22. The lowest BCUT2D eigenvalue weighted by molar-refractivity contribution is 0.412. The number of nitrogens with one attached hydrogen (secondary N) is 1. The Morgan fingerprint density at radius 1 is 1.21 bits per heavy atom. The molecule has 7 heteroatoms. The predicted octanol–water partition coefficient (Wildman–Crippen LogP) is 3.63. The van der Waals surface area contributed by atoms with E-state index in [1.165, 1.54) is 12.4 Å². The third-order valence-electron chi connectivity index (χ3n) is 2.27. The Morgan fingerprint density at radius 3 is 2.58 bits per heavy atom. The molecule has 0 atom stereocenters. The fraction of sp³-hybridized carbons (Fsp3) is 0.0833. The predicted molar refractivity (Wildman–Crippen MR) is 78.4 cm³/mol. The van der Waals surface area contributed by atoms with Crippen LogP contribution < -0.4 is 10.1 Å². The standard InChI is InChI=1S/C12H8Br2N4O/c1-19-11-3-10(8(13)2-9(11)14)18-12-6-16-7(4-15)5-17-12/h2-3,5-6H,1H3,(H,17,18). The van der Waals surface area contributed by atoms with Crippen molar-refractivity contribution in [2.75, 3.05) is 12.4 Å². The van der Waals surface area contributed by atoms with Gasteiger partial charge in [-0.25, -0.2) is 9.97 Å². The molecule has 0 fully saturated rings. The molecule has 0 aliphatic heterocycles. The van der Waals surface area contributed by atoms with Gasteiger partial charge in [0, 0.05) is 10.5 Å². The molecule has 0 bridgehead atoms. The number of rotatable bonds is 3. The molecule has 0 aliphatic rings. The smallest absolute Gasteiger partial charge is 0.158 e. The minimum absolute atomic E-state index is 0.276. The summed E-state index contributed by atoms with van der Waals surface area (Å²) in [6.45, 7) is 0. The lowest BCUT2D eigenvalue weighted by atomic mass is 10.3. The van der Waals surface area contributed by atoms with E-state index in [0.29, 0.717) is 11.6 Å². The summed E-state index contributed by atoms with van der Waals surface area (Å²) in [7, 11) is 1.60. The number of aromatic nitrogens is 2. The molecule has 1 aromatic carbocycles. The van der Waals surface area contributed by atoms with Crippen LogP contribution in [0.4, 0.5) is 11.5 Å². The summed E-state index contributed by atoms with van der Waals surface area (Å²) in [5, 5.41) is 11.8. The lowest BCUT2D eigenvalue weighted by Gasteiger charge is -2.11. The molecule has 2 rings (SSSR count). The van der Waals surface area contributed by atoms with Crippen molar-refractivity contribution in [3.05, 3.63) is 39.2 Å². The fourth-order valence-electron chi connectivity index (χ4n) is 1.37. The lowest BCUT2D eigenvalue weighted by Crippen LogP contribution is -1.97. The number of nitrogens with zero attached hydrogens (tertiary/aromatic N) is 3. The van der Waals surface area contributed by atoms with Crippen LogP contribution in [0.15, 0.2) is 33.5 Å². The average molecular weight is 384 g/mol. The Balaban J connectivity index is 2.29. The van der Waals surface area contributed by atoms with Gasteiger partial charge in [-0.2, -0.15) is 5.26 Å². The first-order chi connectivity index (χ1) is 9.13. The maximum absolute atomic E-state index is 8.66. The Hall–Kier alpha value is -1.65. The van der Waals surface area contributed by atoms with Crippen LogP contribution in [0, 0.1) is 11.3 Å². The number of benzene rings is 1. The van der Waals surface area contributed by atoms with Gasteiger partial charge in [0.25, 0.3) is 0 Å². The largest absolute Gasteiger partial charge is 0.495 e. The van der Waals surface area contributed by atoms with Crippen LogP contribution in [-0.4, -0.2) is 17.1 Å². The molecule has 1 N–H and O–H groups in total. The molecule has 0 amide bonds. The van der Waals surface area contributed by atoms with Crippen LogP contribution >= 0.6 is 31.9 Å². The molecule has 5 nitrogen and oxygen atoms in total. The Kier molecular flexibility index (Phi) is 4.35. The quantitative estimate of drug-likeness (QED) is 0.876. The van der Waals surface area contributed by atoms with Gasteiger partial charge < -0.3 is 10.1 Å². The van der Waals surface area contributed by atoms with Crippen molar-refractivity contribution in [2.24, 2.45) is 0 Å². The molecular weight excluding hydrogens is 376 g/mol. The molecular formula is C12H8Br2N4O. The minimum atomic E-state index is 0.276. The minimum Gasteiger partial charge on any atom is -0.495 e. The van der Waals surface area contributed by atoms with Crippen molar-refractivity contribution in [3.63, 3.8) is 0 Å². The monoisotopic (exact) mass is 382 g/mol. The Morgan fingerprint density at radius 2 is 2.00 bits per heavy atom. The normalized spacial score (nSPS) is 9.79. The molecule has 0 unspecified atom stereocenters. The molecule has 1 aromatic heterocycles. The summed E-state index contributed by atoms with van der Waals surface area (Å²) in [4.78, 5) is 8.04. The molecule has 19 heavy (non-hydrogen) atoms. The highest BCUT2D eigenvalue weighted by Gasteiger charge is 2.08. The highest BCUT2D eigenvalue weighted by atomic mass is 79.9. The van der Waals surface area contributed by atoms with Gasteiger partial charge >= 0.3 is 0 Å². The first-order valence-corrected chi connectivity index (χ1v) is 6.75. The number of methoxy groups -OCH3 is 1. The number of nitriles is 1. The van der Waals surface area contributed by atoms with Crippen molar-refractivity contribution in [2.45, 2.75) is 0 Å². The summed E-state index contributed by atoms with van der Waals surface area (Å²) in [5.41, 5.74) is 1.07. The van der Waals surface area contributed by atoms with Gasteiger partial charge in [0.2, 0.25) is 0 Å². The van der Waals surface area contributed by atoms with E-state index < -0.39 is 0 Å². The maximum Gasteiger partial charge on any atom is 0.158 e. The SMILES string of the molecule is COc1cc(Nc2cnc(C#N)cn2)c(Br)cc1Br. The van der Waals surface area contributed by atoms with Crippen LogP contribution in [0.25, 0.3) is 0 Å². The second-order valence-corrected chi connectivity index (χ2v) is 5.20. The van der Waals surface area contributed by atoms with Crippen molar-refractivity contribution >= 4 is 43.4 Å². The number of anilines is 2. The van der Waals surface area contributed by atoms with E-state index in [4.69, 9.17) is 10.00 Å². The summed E-state index contributed by atoms with van der Waals surface area (Å²) in [6, 6.07) is 5.62. The molecule has 0 saturated heterocycles. The molecule has 0 aliphatic carbocycles. The van der Waals surface area contributed by atoms with Crippen LogP contribution in [0.1, 0.15) is 5.69 Å². The van der Waals surface area contributed by atoms with Crippen LogP contribution in [-0.2, 0) is 0 Å². The van der Waals surface area contributed by atoms with E-state index in [2.05, 4.69) is 47.1 Å². The summed E-state index contributed by atoms with van der Waals surface area (Å²) in [6.07, 6.45) is 2.91. The van der Waals surface area contributed by atoms with Gasteiger partial charge in [0.15, 0.2) is 5.69 Å². The summed E-state index contributed by atoms with van der Waals surface area (Å²) >= 11 is 6.85. The van der Waals surface area contributed by atoms with Crippen molar-refractivity contribution in [1.29, 1.82) is 5.26 Å². The van der Waals surface area contributed by atoms with E-state index in [-0.39, 0.29) is 5.69 Å². The fourth-order valence-corrected chi connectivity index (χ4v) is 2.62. The first-order valence-electron chi connectivity index (χ1n) is 5.16. The van der Waals surface area contributed by atoms with E-state index in [1.54, 1.807) is 7.11 Å². The van der Waals surface area contributed by atoms with E-state index in [1.807, 2.05) is 18.2 Å². The average Bonchev–Trinajstić information content (AvgIpc) is 2.42. The molecule has 2 aromatic rings. The second-order valence-electron chi connectivity index (χ2n) is 3.49. The van der Waals surface area contributed by atoms with Gasteiger partial charge in [0.05, 0.1) is 29.7 Å². The van der Waals surface area contributed by atoms with Crippen molar-refractivity contribution in [1.82, 2.24) is 9.97 Å². The molecule has 0 saturated carbocycles. The van der Waals surface area contributed by atoms with Crippen LogP contribution in [0.3, 0.4) is 0 Å². The third-order valence-corrected chi connectivity index (χ3v) is 3.55. The van der Waals surface area contributed by atoms with Gasteiger partial charge in [-0.05, 0) is 37.9 Å². The van der Waals surface area contributed by atoms with Gasteiger partial charge in [0.1, 0.15) is 17.6 Å². The van der Waals surface area contributed by atoms with Crippen LogP contribution in [0.2, 0.25) is 0 Å². The number of halogens is 2. The van der Waals surface area contributed by atoms with Gasteiger partial charge in [-0.3, -0.25) is 0 Å². The number of hydrogen-bond donors (Lipinski definition) is 1. The highest BCUT2D eigenvalue weighted by molar-refractivity contribution is 9.11. The molecule has 1 heterocycles. The van der Waals surface area contributed by atoms with E-state index in [9.17, 15) is 0 Å². The number of ether oxygens (including phenoxy) is 1. The number of hydrogen-bond acceptors (Lipinski definition) is 5.